The number of carbonyl (C=O) groups is 1. The SMILES string of the molecule is COc1ccc(O[C@@H]2O[C@H](CO)[C@H](O)[C@H](OS(=O)(=O)O)[C@H]2NC(C)=O)cc1. The average molecular weight is 407 g/mol. The second-order valence-electron chi connectivity index (χ2n) is 5.72. The maximum absolute atomic E-state index is 11.5. The molecular weight excluding hydrogens is 386 g/mol. The molecule has 0 aliphatic carbocycles. The van der Waals surface area contributed by atoms with Crippen LogP contribution in [-0.4, -0.2) is 73.5 Å². The van der Waals surface area contributed by atoms with Crippen LogP contribution in [0.4, 0.5) is 0 Å². The first-order valence-corrected chi connectivity index (χ1v) is 9.19. The number of aliphatic hydroxyl groups excluding tert-OH is 2. The fourth-order valence-corrected chi connectivity index (χ4v) is 3.11. The standard InChI is InChI=1S/C15H21NO10S/c1-8(18)16-12-14(26-27(20,21)22)13(19)11(7-17)25-15(12)24-10-5-3-9(23-2)4-6-10/h3-6,11-15,17,19H,7H2,1-2H3,(H,16,18)(H,20,21,22)/t11-,12-,13+,14-,15-/m1/s1. The van der Waals surface area contributed by atoms with Crippen molar-refractivity contribution < 1.29 is 46.4 Å². The maximum Gasteiger partial charge on any atom is 0.397 e. The van der Waals surface area contributed by atoms with E-state index in [1.807, 2.05) is 0 Å². The number of hydrogen-bond donors (Lipinski definition) is 4. The van der Waals surface area contributed by atoms with Crippen molar-refractivity contribution in [3.63, 3.8) is 0 Å². The summed E-state index contributed by atoms with van der Waals surface area (Å²) in [6.07, 6.45) is -5.97. The zero-order valence-electron chi connectivity index (χ0n) is 14.5. The number of methoxy groups -OCH3 is 1. The summed E-state index contributed by atoms with van der Waals surface area (Å²) in [6, 6.07) is 4.94. The van der Waals surface area contributed by atoms with Crippen LogP contribution in [-0.2, 0) is 24.1 Å². The van der Waals surface area contributed by atoms with Crippen LogP contribution in [0.3, 0.4) is 0 Å². The van der Waals surface area contributed by atoms with Crippen molar-refractivity contribution in [2.45, 2.75) is 37.6 Å². The molecule has 2 rings (SSSR count). The summed E-state index contributed by atoms with van der Waals surface area (Å²) < 4.78 is 51.9. The van der Waals surface area contributed by atoms with E-state index in [9.17, 15) is 23.4 Å². The first-order valence-electron chi connectivity index (χ1n) is 7.82. The predicted octanol–water partition coefficient (Wildman–Crippen LogP) is -1.16. The number of hydrogen-bond acceptors (Lipinski definition) is 9. The van der Waals surface area contributed by atoms with Crippen molar-refractivity contribution in [1.82, 2.24) is 5.32 Å². The fourth-order valence-electron chi connectivity index (χ4n) is 2.60. The number of rotatable bonds is 7. The quantitative estimate of drug-likeness (QED) is 0.406. The summed E-state index contributed by atoms with van der Waals surface area (Å²) >= 11 is 0. The Kier molecular flexibility index (Phi) is 6.97. The lowest BCUT2D eigenvalue weighted by Gasteiger charge is -2.43. The average Bonchev–Trinajstić information content (AvgIpc) is 2.59. The van der Waals surface area contributed by atoms with E-state index < -0.39 is 53.6 Å². The molecule has 1 aliphatic rings. The number of amides is 1. The van der Waals surface area contributed by atoms with Gasteiger partial charge in [0, 0.05) is 6.92 Å². The third-order valence-electron chi connectivity index (χ3n) is 3.77. The highest BCUT2D eigenvalue weighted by molar-refractivity contribution is 7.80. The van der Waals surface area contributed by atoms with Gasteiger partial charge in [-0.1, -0.05) is 0 Å². The first kappa shape index (κ1) is 21.3. The van der Waals surface area contributed by atoms with E-state index in [0.717, 1.165) is 6.92 Å². The normalized spacial score (nSPS) is 28.4. The van der Waals surface area contributed by atoms with Gasteiger partial charge in [-0.05, 0) is 24.3 Å². The van der Waals surface area contributed by atoms with Crippen molar-refractivity contribution in [3.05, 3.63) is 24.3 Å². The third-order valence-corrected chi connectivity index (χ3v) is 4.23. The second kappa shape index (κ2) is 8.82. The van der Waals surface area contributed by atoms with Gasteiger partial charge in [-0.3, -0.25) is 9.35 Å². The zero-order chi connectivity index (χ0) is 20.2. The van der Waals surface area contributed by atoms with Crippen LogP contribution >= 0.6 is 0 Å². The van der Waals surface area contributed by atoms with Crippen molar-refractivity contribution in [1.29, 1.82) is 0 Å². The highest BCUT2D eigenvalue weighted by Crippen LogP contribution is 2.28. The third kappa shape index (κ3) is 5.76. The summed E-state index contributed by atoms with van der Waals surface area (Å²) in [4.78, 5) is 11.5. The molecular formula is C15H21NO10S. The molecule has 1 heterocycles. The Labute approximate surface area is 155 Å². The topological polar surface area (TPSA) is 161 Å². The number of benzene rings is 1. The van der Waals surface area contributed by atoms with E-state index in [2.05, 4.69) is 9.50 Å². The van der Waals surface area contributed by atoms with E-state index >= 15 is 0 Å². The Morgan fingerprint density at radius 3 is 2.33 bits per heavy atom. The molecule has 1 fully saturated rings. The Morgan fingerprint density at radius 2 is 1.85 bits per heavy atom. The summed E-state index contributed by atoms with van der Waals surface area (Å²) in [5.41, 5.74) is 0. The molecule has 0 bridgehead atoms. The molecule has 0 saturated carbocycles. The van der Waals surface area contributed by atoms with Gasteiger partial charge in [-0.15, -0.1) is 0 Å². The van der Waals surface area contributed by atoms with Gasteiger partial charge in [0.15, 0.2) is 0 Å². The molecule has 12 heteroatoms. The van der Waals surface area contributed by atoms with Crippen LogP contribution in [0.15, 0.2) is 24.3 Å². The van der Waals surface area contributed by atoms with Gasteiger partial charge in [0.25, 0.3) is 0 Å². The molecule has 0 radical (unpaired) electrons. The highest BCUT2D eigenvalue weighted by Gasteiger charge is 2.49. The van der Waals surface area contributed by atoms with Crippen LogP contribution in [0.2, 0.25) is 0 Å². The lowest BCUT2D eigenvalue weighted by Crippen LogP contribution is -2.66. The molecule has 1 aliphatic heterocycles. The molecule has 152 valence electrons. The van der Waals surface area contributed by atoms with Crippen molar-refractivity contribution in [3.8, 4) is 11.5 Å². The van der Waals surface area contributed by atoms with Gasteiger partial charge in [0.2, 0.25) is 12.2 Å². The Bertz CT molecular complexity index is 737. The number of carbonyl (C=O) groups excluding carboxylic acids is 1. The first-order chi connectivity index (χ1) is 12.6. The molecule has 0 unspecified atom stereocenters. The van der Waals surface area contributed by atoms with Crippen LogP contribution in [0.5, 0.6) is 11.5 Å². The number of aliphatic hydroxyl groups is 2. The zero-order valence-corrected chi connectivity index (χ0v) is 15.3. The van der Waals surface area contributed by atoms with Crippen molar-refractivity contribution in [2.75, 3.05) is 13.7 Å². The molecule has 1 aromatic rings. The van der Waals surface area contributed by atoms with Crippen LogP contribution in [0.25, 0.3) is 0 Å². The molecule has 1 saturated heterocycles. The summed E-state index contributed by atoms with van der Waals surface area (Å²) in [6.45, 7) is 0.460. The fraction of sp³-hybridized carbons (Fsp3) is 0.533. The molecule has 11 nitrogen and oxygen atoms in total. The largest absolute Gasteiger partial charge is 0.497 e. The minimum absolute atomic E-state index is 0.273. The van der Waals surface area contributed by atoms with Crippen molar-refractivity contribution >= 4 is 16.3 Å². The van der Waals surface area contributed by atoms with Crippen LogP contribution in [0, 0.1) is 0 Å². The molecule has 1 amide bonds. The lowest BCUT2D eigenvalue weighted by molar-refractivity contribution is -0.239. The molecule has 27 heavy (non-hydrogen) atoms. The van der Waals surface area contributed by atoms with Crippen LogP contribution in [0.1, 0.15) is 6.92 Å². The molecule has 4 N–H and O–H groups in total. The van der Waals surface area contributed by atoms with E-state index in [-0.39, 0.29) is 5.75 Å². The minimum atomic E-state index is -4.98. The van der Waals surface area contributed by atoms with Gasteiger partial charge in [0.05, 0.1) is 13.7 Å². The van der Waals surface area contributed by atoms with Crippen molar-refractivity contribution in [2.24, 2.45) is 0 Å². The Morgan fingerprint density at radius 1 is 1.26 bits per heavy atom. The molecule has 5 atom stereocenters. The predicted molar refractivity (Wildman–Crippen MR) is 89.4 cm³/mol. The van der Waals surface area contributed by atoms with Gasteiger partial charge >= 0.3 is 10.4 Å². The van der Waals surface area contributed by atoms with E-state index in [4.69, 9.17) is 18.8 Å². The summed E-state index contributed by atoms with van der Waals surface area (Å²) in [7, 11) is -3.50. The molecule has 0 spiro atoms. The van der Waals surface area contributed by atoms with E-state index in [0.29, 0.717) is 5.75 Å². The number of nitrogens with one attached hydrogen (secondary N) is 1. The Balaban J connectivity index is 2.32. The molecule has 1 aromatic carbocycles. The number of ether oxygens (including phenoxy) is 3. The van der Waals surface area contributed by atoms with Gasteiger partial charge in [-0.25, -0.2) is 4.18 Å². The Hall–Kier alpha value is -1.96. The van der Waals surface area contributed by atoms with E-state index in [1.165, 1.54) is 19.2 Å². The highest BCUT2D eigenvalue weighted by atomic mass is 32.3. The van der Waals surface area contributed by atoms with Crippen LogP contribution < -0.4 is 14.8 Å². The maximum atomic E-state index is 11.5. The van der Waals surface area contributed by atoms with Gasteiger partial charge in [0.1, 0.15) is 35.9 Å². The smallest absolute Gasteiger partial charge is 0.397 e. The minimum Gasteiger partial charge on any atom is -0.497 e. The monoisotopic (exact) mass is 407 g/mol. The van der Waals surface area contributed by atoms with Gasteiger partial charge in [-0.2, -0.15) is 8.42 Å². The lowest BCUT2D eigenvalue weighted by atomic mass is 9.97. The van der Waals surface area contributed by atoms with Gasteiger partial charge < -0.3 is 29.7 Å². The van der Waals surface area contributed by atoms with E-state index in [1.54, 1.807) is 12.1 Å². The summed E-state index contributed by atoms with van der Waals surface area (Å²) in [5.74, 6) is 0.238. The summed E-state index contributed by atoms with van der Waals surface area (Å²) in [5, 5.41) is 22.0. The second-order valence-corrected chi connectivity index (χ2v) is 6.77. The molecule has 0 aromatic heterocycles.